The van der Waals surface area contributed by atoms with Crippen LogP contribution in [-0.2, 0) is 4.79 Å². The fourth-order valence-electron chi connectivity index (χ4n) is 2.27. The van der Waals surface area contributed by atoms with Gasteiger partial charge in [-0.05, 0) is 33.2 Å². The number of hydrogen-bond donors (Lipinski definition) is 1. The molecule has 1 saturated heterocycles. The molecule has 0 bridgehead atoms. The highest BCUT2D eigenvalue weighted by atomic mass is 16.1. The van der Waals surface area contributed by atoms with Gasteiger partial charge in [0.1, 0.15) is 5.92 Å². The molecule has 1 heterocycles. The van der Waals surface area contributed by atoms with Crippen molar-refractivity contribution in [2.45, 2.75) is 51.6 Å². The zero-order chi connectivity index (χ0) is 12.8. The standard InChI is InChI=1S/C13H23N3O/c1-4-5-11(9-14)13(17)15-12-6-7-16(3)10(2)8-12/h10-12H,4-8H2,1-3H3,(H,15,17). The lowest BCUT2D eigenvalue weighted by Crippen LogP contribution is -2.48. The molecule has 0 aromatic rings. The predicted octanol–water partition coefficient (Wildman–Crippen LogP) is 1.53. The fourth-order valence-corrected chi connectivity index (χ4v) is 2.27. The molecule has 0 spiro atoms. The molecule has 0 saturated carbocycles. The lowest BCUT2D eigenvalue weighted by Gasteiger charge is -2.35. The topological polar surface area (TPSA) is 56.1 Å². The molecule has 4 heteroatoms. The highest BCUT2D eigenvalue weighted by Gasteiger charge is 2.26. The molecule has 3 atom stereocenters. The quantitative estimate of drug-likeness (QED) is 0.806. The molecule has 1 rings (SSSR count). The minimum Gasteiger partial charge on any atom is -0.352 e. The second kappa shape index (κ2) is 6.61. The van der Waals surface area contributed by atoms with Gasteiger partial charge in [0.05, 0.1) is 6.07 Å². The summed E-state index contributed by atoms with van der Waals surface area (Å²) < 4.78 is 0. The minimum atomic E-state index is -0.477. The normalized spacial score (nSPS) is 27.2. The van der Waals surface area contributed by atoms with Gasteiger partial charge in [0, 0.05) is 18.6 Å². The van der Waals surface area contributed by atoms with Crippen LogP contribution in [-0.4, -0.2) is 36.5 Å². The van der Waals surface area contributed by atoms with Gasteiger partial charge >= 0.3 is 0 Å². The lowest BCUT2D eigenvalue weighted by molar-refractivity contribution is -0.124. The van der Waals surface area contributed by atoms with E-state index >= 15 is 0 Å². The molecule has 0 aliphatic carbocycles. The first-order chi connectivity index (χ1) is 8.08. The van der Waals surface area contributed by atoms with Crippen LogP contribution in [0.4, 0.5) is 0 Å². The van der Waals surface area contributed by atoms with Crippen molar-refractivity contribution in [1.82, 2.24) is 10.2 Å². The van der Waals surface area contributed by atoms with E-state index in [0.717, 1.165) is 25.8 Å². The minimum absolute atomic E-state index is 0.0869. The predicted molar refractivity (Wildman–Crippen MR) is 67.3 cm³/mol. The summed E-state index contributed by atoms with van der Waals surface area (Å²) in [4.78, 5) is 14.2. The molecule has 1 amide bonds. The highest BCUT2D eigenvalue weighted by Crippen LogP contribution is 2.16. The van der Waals surface area contributed by atoms with Crippen molar-refractivity contribution in [3.05, 3.63) is 0 Å². The summed E-state index contributed by atoms with van der Waals surface area (Å²) in [5.41, 5.74) is 0. The van der Waals surface area contributed by atoms with Crippen LogP contribution in [0.15, 0.2) is 0 Å². The third-order valence-electron chi connectivity index (χ3n) is 3.60. The van der Waals surface area contributed by atoms with Gasteiger partial charge in [-0.2, -0.15) is 5.26 Å². The van der Waals surface area contributed by atoms with Gasteiger partial charge in [0.25, 0.3) is 0 Å². The van der Waals surface area contributed by atoms with Crippen molar-refractivity contribution < 1.29 is 4.79 Å². The summed E-state index contributed by atoms with van der Waals surface area (Å²) in [6, 6.07) is 2.83. The van der Waals surface area contributed by atoms with Gasteiger partial charge in [-0.15, -0.1) is 0 Å². The van der Waals surface area contributed by atoms with Crippen molar-refractivity contribution in [2.75, 3.05) is 13.6 Å². The smallest absolute Gasteiger partial charge is 0.237 e. The number of nitrogens with one attached hydrogen (secondary N) is 1. The molecule has 3 unspecified atom stereocenters. The van der Waals surface area contributed by atoms with Gasteiger partial charge < -0.3 is 10.2 Å². The monoisotopic (exact) mass is 237 g/mol. The Morgan fingerprint density at radius 1 is 1.65 bits per heavy atom. The van der Waals surface area contributed by atoms with E-state index in [4.69, 9.17) is 5.26 Å². The number of likely N-dealkylation sites (tertiary alicyclic amines) is 1. The first kappa shape index (κ1) is 14.0. The molecule has 1 aliphatic rings. The molecule has 1 aliphatic heterocycles. The Bertz CT molecular complexity index is 298. The molecular weight excluding hydrogens is 214 g/mol. The average molecular weight is 237 g/mol. The van der Waals surface area contributed by atoms with Crippen LogP contribution in [0, 0.1) is 17.2 Å². The van der Waals surface area contributed by atoms with E-state index in [1.165, 1.54) is 0 Å². The number of carbonyl (C=O) groups is 1. The maximum absolute atomic E-state index is 11.9. The second-order valence-corrected chi connectivity index (χ2v) is 5.03. The largest absolute Gasteiger partial charge is 0.352 e. The molecule has 1 N–H and O–H groups in total. The van der Waals surface area contributed by atoms with Crippen LogP contribution >= 0.6 is 0 Å². The summed E-state index contributed by atoms with van der Waals surface area (Å²) in [5.74, 6) is -0.564. The molecule has 1 fully saturated rings. The number of nitriles is 1. The van der Waals surface area contributed by atoms with Crippen LogP contribution in [0.3, 0.4) is 0 Å². The Labute approximate surface area is 104 Å². The number of amides is 1. The zero-order valence-corrected chi connectivity index (χ0v) is 11.1. The van der Waals surface area contributed by atoms with Gasteiger partial charge in [-0.25, -0.2) is 0 Å². The van der Waals surface area contributed by atoms with Crippen molar-refractivity contribution in [3.8, 4) is 6.07 Å². The Kier molecular flexibility index (Phi) is 5.43. The summed E-state index contributed by atoms with van der Waals surface area (Å²) in [5, 5.41) is 11.9. The van der Waals surface area contributed by atoms with E-state index in [1.807, 2.05) is 6.92 Å². The van der Waals surface area contributed by atoms with Gasteiger partial charge in [0.15, 0.2) is 0 Å². The Balaban J connectivity index is 2.43. The number of hydrogen-bond acceptors (Lipinski definition) is 3. The second-order valence-electron chi connectivity index (χ2n) is 5.03. The molecule has 0 aromatic heterocycles. The van der Waals surface area contributed by atoms with Crippen molar-refractivity contribution >= 4 is 5.91 Å². The first-order valence-corrected chi connectivity index (χ1v) is 6.48. The van der Waals surface area contributed by atoms with Crippen molar-refractivity contribution in [3.63, 3.8) is 0 Å². The molecule has 0 radical (unpaired) electrons. The Morgan fingerprint density at radius 3 is 2.88 bits per heavy atom. The van der Waals surface area contributed by atoms with Crippen molar-refractivity contribution in [1.29, 1.82) is 5.26 Å². The van der Waals surface area contributed by atoms with Crippen LogP contribution in [0.1, 0.15) is 39.5 Å². The number of piperidine rings is 1. The summed E-state index contributed by atoms with van der Waals surface area (Å²) >= 11 is 0. The van der Waals surface area contributed by atoms with Crippen LogP contribution in [0.5, 0.6) is 0 Å². The Hall–Kier alpha value is -1.08. The van der Waals surface area contributed by atoms with Gasteiger partial charge in [-0.3, -0.25) is 4.79 Å². The van der Waals surface area contributed by atoms with Crippen LogP contribution < -0.4 is 5.32 Å². The van der Waals surface area contributed by atoms with Crippen LogP contribution in [0.2, 0.25) is 0 Å². The Morgan fingerprint density at radius 2 is 2.35 bits per heavy atom. The van der Waals surface area contributed by atoms with E-state index in [2.05, 4.69) is 30.3 Å². The summed E-state index contributed by atoms with van der Waals surface area (Å²) in [6.07, 6.45) is 3.49. The molecule has 96 valence electrons. The van der Waals surface area contributed by atoms with Crippen molar-refractivity contribution in [2.24, 2.45) is 5.92 Å². The molecular formula is C13H23N3O. The number of rotatable bonds is 4. The van der Waals surface area contributed by atoms with Gasteiger partial charge in [-0.1, -0.05) is 13.3 Å². The average Bonchev–Trinajstić information content (AvgIpc) is 2.30. The van der Waals surface area contributed by atoms with E-state index < -0.39 is 5.92 Å². The summed E-state index contributed by atoms with van der Waals surface area (Å²) in [6.45, 7) is 5.18. The van der Waals surface area contributed by atoms with E-state index in [1.54, 1.807) is 0 Å². The van der Waals surface area contributed by atoms with Crippen LogP contribution in [0.25, 0.3) is 0 Å². The third-order valence-corrected chi connectivity index (χ3v) is 3.60. The molecule has 4 nitrogen and oxygen atoms in total. The molecule has 17 heavy (non-hydrogen) atoms. The zero-order valence-electron chi connectivity index (χ0n) is 11.1. The maximum Gasteiger partial charge on any atom is 0.237 e. The lowest BCUT2D eigenvalue weighted by atomic mass is 9.97. The van der Waals surface area contributed by atoms with E-state index in [-0.39, 0.29) is 11.9 Å². The highest BCUT2D eigenvalue weighted by molar-refractivity contribution is 5.81. The first-order valence-electron chi connectivity index (χ1n) is 6.48. The van der Waals surface area contributed by atoms with E-state index in [9.17, 15) is 4.79 Å². The van der Waals surface area contributed by atoms with Gasteiger partial charge in [0.2, 0.25) is 5.91 Å². The summed E-state index contributed by atoms with van der Waals surface area (Å²) in [7, 11) is 2.11. The third kappa shape index (κ3) is 4.01. The fraction of sp³-hybridized carbons (Fsp3) is 0.846. The maximum atomic E-state index is 11.9. The van der Waals surface area contributed by atoms with E-state index in [0.29, 0.717) is 12.5 Å². The molecule has 0 aromatic carbocycles. The SMILES string of the molecule is CCCC(C#N)C(=O)NC1CCN(C)C(C)C1. The number of carbonyl (C=O) groups excluding carboxylic acids is 1. The number of nitrogens with zero attached hydrogens (tertiary/aromatic N) is 2.